The van der Waals surface area contributed by atoms with E-state index < -0.39 is 0 Å². The number of nitrogens with two attached hydrogens (primary N) is 1. The van der Waals surface area contributed by atoms with E-state index in [0.29, 0.717) is 11.8 Å². The second-order valence-electron chi connectivity index (χ2n) is 8.14. The van der Waals surface area contributed by atoms with Crippen molar-refractivity contribution in [1.29, 1.82) is 0 Å². The highest BCUT2D eigenvalue weighted by molar-refractivity contribution is 5.79. The van der Waals surface area contributed by atoms with E-state index in [1.165, 1.54) is 13.3 Å². The number of benzene rings is 1. The molecule has 142 valence electrons. The molecule has 5 heteroatoms. The zero-order valence-electron chi connectivity index (χ0n) is 15.8. The molecule has 2 saturated carbocycles. The van der Waals surface area contributed by atoms with Gasteiger partial charge in [-0.3, -0.25) is 9.59 Å². The Morgan fingerprint density at radius 3 is 2.35 bits per heavy atom. The largest absolute Gasteiger partial charge is 0.353 e. The highest BCUT2D eigenvalue weighted by Gasteiger charge is 2.40. The van der Waals surface area contributed by atoms with Crippen molar-refractivity contribution in [3.05, 3.63) is 35.4 Å². The average molecular weight is 357 g/mol. The van der Waals surface area contributed by atoms with Crippen LogP contribution >= 0.6 is 0 Å². The van der Waals surface area contributed by atoms with Gasteiger partial charge in [0.25, 0.3) is 0 Å². The third-order valence-corrected chi connectivity index (χ3v) is 5.95. The van der Waals surface area contributed by atoms with E-state index in [1.54, 1.807) is 0 Å². The molecule has 0 saturated heterocycles. The third kappa shape index (κ3) is 4.64. The lowest BCUT2D eigenvalue weighted by atomic mass is 9.67. The molecule has 2 fully saturated rings. The van der Waals surface area contributed by atoms with Crippen LogP contribution in [0.2, 0.25) is 0 Å². The molecule has 1 aromatic carbocycles. The van der Waals surface area contributed by atoms with Crippen LogP contribution in [0.1, 0.15) is 62.6 Å². The number of amides is 2. The summed E-state index contributed by atoms with van der Waals surface area (Å²) >= 11 is 0. The van der Waals surface area contributed by atoms with Crippen molar-refractivity contribution >= 4 is 11.8 Å². The Morgan fingerprint density at radius 2 is 1.77 bits per heavy atom. The molecule has 2 bridgehead atoms. The second kappa shape index (κ2) is 8.21. The van der Waals surface area contributed by atoms with Crippen LogP contribution in [0.5, 0.6) is 0 Å². The lowest BCUT2D eigenvalue weighted by Gasteiger charge is -2.45. The van der Waals surface area contributed by atoms with Gasteiger partial charge >= 0.3 is 0 Å². The number of rotatable bonds is 5. The molecule has 0 aliphatic heterocycles. The standard InChI is InChI=1S/C21H31N3O2/c1-13-6-8-15(9-7-13)19(23-14(2)25)12-20(26)24-21-16-4-3-5-17(21)11-18(22)10-16/h6-9,16-19,21H,3-5,10-12,22H2,1-2H3,(H,23,25)(H,24,26). The van der Waals surface area contributed by atoms with Crippen molar-refractivity contribution in [2.24, 2.45) is 17.6 Å². The summed E-state index contributed by atoms with van der Waals surface area (Å²) < 4.78 is 0. The number of carbonyl (C=O) groups is 2. The first-order chi connectivity index (χ1) is 12.4. The first-order valence-corrected chi connectivity index (χ1v) is 9.81. The van der Waals surface area contributed by atoms with Gasteiger partial charge in [-0.05, 0) is 50.0 Å². The molecular weight excluding hydrogens is 326 g/mol. The SMILES string of the molecule is CC(=O)NC(CC(=O)NC1C2CCCC1CC(N)C2)c1ccc(C)cc1. The Hall–Kier alpha value is -1.88. The molecule has 0 radical (unpaired) electrons. The zero-order chi connectivity index (χ0) is 18.7. The number of aryl methyl sites for hydroxylation is 1. The number of hydrogen-bond acceptors (Lipinski definition) is 3. The molecule has 3 rings (SSSR count). The van der Waals surface area contributed by atoms with Crippen LogP contribution in [-0.4, -0.2) is 23.9 Å². The summed E-state index contributed by atoms with van der Waals surface area (Å²) in [6, 6.07) is 8.21. The molecule has 2 aliphatic rings. The Labute approximate surface area is 156 Å². The number of fused-ring (bicyclic) bond motifs is 2. The smallest absolute Gasteiger partial charge is 0.222 e. The van der Waals surface area contributed by atoms with E-state index in [-0.39, 0.29) is 36.4 Å². The van der Waals surface area contributed by atoms with Crippen LogP contribution < -0.4 is 16.4 Å². The van der Waals surface area contributed by atoms with E-state index in [4.69, 9.17) is 5.73 Å². The van der Waals surface area contributed by atoms with Gasteiger partial charge in [-0.15, -0.1) is 0 Å². The molecule has 2 amide bonds. The number of hydrogen-bond donors (Lipinski definition) is 3. The molecule has 1 aromatic rings. The van der Waals surface area contributed by atoms with Gasteiger partial charge < -0.3 is 16.4 Å². The lowest BCUT2D eigenvalue weighted by Crippen LogP contribution is -2.54. The number of nitrogens with one attached hydrogen (secondary N) is 2. The zero-order valence-corrected chi connectivity index (χ0v) is 15.8. The fourth-order valence-corrected chi connectivity index (χ4v) is 4.75. The Morgan fingerprint density at radius 1 is 1.15 bits per heavy atom. The van der Waals surface area contributed by atoms with Crippen LogP contribution in [0.15, 0.2) is 24.3 Å². The molecule has 3 unspecified atom stereocenters. The van der Waals surface area contributed by atoms with Gasteiger partial charge in [-0.25, -0.2) is 0 Å². The Bertz CT molecular complexity index is 629. The van der Waals surface area contributed by atoms with Crippen LogP contribution in [0.4, 0.5) is 0 Å². The minimum Gasteiger partial charge on any atom is -0.353 e. The van der Waals surface area contributed by atoms with Crippen LogP contribution in [-0.2, 0) is 9.59 Å². The van der Waals surface area contributed by atoms with Gasteiger partial charge in [0.1, 0.15) is 0 Å². The lowest BCUT2D eigenvalue weighted by molar-refractivity contribution is -0.124. The second-order valence-corrected chi connectivity index (χ2v) is 8.14. The predicted molar refractivity (Wildman–Crippen MR) is 102 cm³/mol. The van der Waals surface area contributed by atoms with Crippen LogP contribution in [0.25, 0.3) is 0 Å². The summed E-state index contributed by atoms with van der Waals surface area (Å²) in [7, 11) is 0. The molecule has 0 aromatic heterocycles. The van der Waals surface area contributed by atoms with Gasteiger partial charge in [0.2, 0.25) is 11.8 Å². The summed E-state index contributed by atoms with van der Waals surface area (Å²) in [6.45, 7) is 3.52. The van der Waals surface area contributed by atoms with Gasteiger partial charge in [0.05, 0.1) is 12.5 Å². The maximum absolute atomic E-state index is 12.8. The normalized spacial score (nSPS) is 28.9. The summed E-state index contributed by atoms with van der Waals surface area (Å²) in [6.07, 6.45) is 5.84. The quantitative estimate of drug-likeness (QED) is 0.757. The molecule has 2 aliphatic carbocycles. The van der Waals surface area contributed by atoms with E-state index in [1.807, 2.05) is 31.2 Å². The molecule has 26 heavy (non-hydrogen) atoms. The molecular formula is C21H31N3O2. The number of carbonyl (C=O) groups excluding carboxylic acids is 2. The molecule has 4 N–H and O–H groups in total. The van der Waals surface area contributed by atoms with Crippen molar-refractivity contribution in [3.63, 3.8) is 0 Å². The van der Waals surface area contributed by atoms with Crippen molar-refractivity contribution in [3.8, 4) is 0 Å². The predicted octanol–water partition coefficient (Wildman–Crippen LogP) is 2.58. The highest BCUT2D eigenvalue weighted by Crippen LogP contribution is 2.39. The van der Waals surface area contributed by atoms with Crippen molar-refractivity contribution < 1.29 is 9.59 Å². The fraction of sp³-hybridized carbons (Fsp3) is 0.619. The highest BCUT2D eigenvalue weighted by atomic mass is 16.2. The third-order valence-electron chi connectivity index (χ3n) is 5.95. The Balaban J connectivity index is 1.66. The van der Waals surface area contributed by atoms with E-state index in [2.05, 4.69) is 10.6 Å². The molecule has 3 atom stereocenters. The first-order valence-electron chi connectivity index (χ1n) is 9.81. The minimum absolute atomic E-state index is 0.0155. The summed E-state index contributed by atoms with van der Waals surface area (Å²) in [5.74, 6) is 0.894. The van der Waals surface area contributed by atoms with Crippen molar-refractivity contribution in [2.45, 2.75) is 70.5 Å². The topological polar surface area (TPSA) is 84.2 Å². The van der Waals surface area contributed by atoms with Crippen molar-refractivity contribution in [2.75, 3.05) is 0 Å². The first kappa shape index (κ1) is 18.9. The fourth-order valence-electron chi connectivity index (χ4n) is 4.75. The molecule has 0 spiro atoms. The molecule has 0 heterocycles. The van der Waals surface area contributed by atoms with E-state index >= 15 is 0 Å². The van der Waals surface area contributed by atoms with Gasteiger partial charge in [0.15, 0.2) is 0 Å². The summed E-state index contributed by atoms with van der Waals surface area (Å²) in [5, 5.41) is 6.20. The maximum atomic E-state index is 12.8. The van der Waals surface area contributed by atoms with Gasteiger partial charge in [-0.1, -0.05) is 36.2 Å². The van der Waals surface area contributed by atoms with E-state index in [0.717, 1.165) is 36.8 Å². The van der Waals surface area contributed by atoms with E-state index in [9.17, 15) is 9.59 Å². The minimum atomic E-state index is -0.293. The van der Waals surface area contributed by atoms with Crippen LogP contribution in [0.3, 0.4) is 0 Å². The Kier molecular flexibility index (Phi) is 5.97. The molecule has 5 nitrogen and oxygen atoms in total. The van der Waals surface area contributed by atoms with Crippen LogP contribution in [0, 0.1) is 18.8 Å². The summed E-state index contributed by atoms with van der Waals surface area (Å²) in [5.41, 5.74) is 8.30. The average Bonchev–Trinajstić information content (AvgIpc) is 2.55. The maximum Gasteiger partial charge on any atom is 0.222 e. The van der Waals surface area contributed by atoms with Crippen molar-refractivity contribution in [1.82, 2.24) is 10.6 Å². The van der Waals surface area contributed by atoms with Gasteiger partial charge in [0, 0.05) is 19.0 Å². The monoisotopic (exact) mass is 357 g/mol. The van der Waals surface area contributed by atoms with Gasteiger partial charge in [-0.2, -0.15) is 0 Å². The summed E-state index contributed by atoms with van der Waals surface area (Å²) in [4.78, 5) is 24.4.